The van der Waals surface area contributed by atoms with Gasteiger partial charge < -0.3 is 10.6 Å². The number of halogens is 3. The van der Waals surface area contributed by atoms with Gasteiger partial charge in [0.1, 0.15) is 0 Å². The van der Waals surface area contributed by atoms with Crippen LogP contribution in [0.1, 0.15) is 29.9 Å². The lowest BCUT2D eigenvalue weighted by Gasteiger charge is -2.32. The van der Waals surface area contributed by atoms with Crippen LogP contribution in [0.5, 0.6) is 0 Å². The number of nitrogens with one attached hydrogen (secondary N) is 2. The molecule has 0 bridgehead atoms. The van der Waals surface area contributed by atoms with E-state index in [4.69, 9.17) is 0 Å². The first-order valence-electron chi connectivity index (χ1n) is 6.72. The second kappa shape index (κ2) is 4.71. The Hall–Kier alpha value is -1.23. The number of alkyl halides is 3. The zero-order chi connectivity index (χ0) is 13.5. The molecule has 1 fully saturated rings. The maximum absolute atomic E-state index is 13.0. The summed E-state index contributed by atoms with van der Waals surface area (Å²) in [6.45, 7) is 2.52. The van der Waals surface area contributed by atoms with Crippen LogP contribution in [0, 0.1) is 5.92 Å². The average Bonchev–Trinajstić information content (AvgIpc) is 2.90. The van der Waals surface area contributed by atoms with E-state index in [-0.39, 0.29) is 5.92 Å². The van der Waals surface area contributed by atoms with E-state index in [0.717, 1.165) is 31.5 Å². The summed E-state index contributed by atoms with van der Waals surface area (Å²) in [6.07, 6.45) is -2.31. The van der Waals surface area contributed by atoms with E-state index in [0.29, 0.717) is 18.2 Å². The van der Waals surface area contributed by atoms with Crippen LogP contribution in [-0.2, 0) is 6.18 Å². The quantitative estimate of drug-likeness (QED) is 0.818. The summed E-state index contributed by atoms with van der Waals surface area (Å²) in [5.74, 6) is 0.706. The second-order valence-corrected chi connectivity index (χ2v) is 5.34. The zero-order valence-electron chi connectivity index (χ0n) is 10.6. The molecule has 5 heteroatoms. The molecule has 0 amide bonds. The highest BCUT2D eigenvalue weighted by molar-refractivity contribution is 5.62. The molecule has 0 aromatic heterocycles. The van der Waals surface area contributed by atoms with Crippen molar-refractivity contribution in [1.29, 1.82) is 0 Å². The molecule has 0 spiro atoms. The van der Waals surface area contributed by atoms with Crippen LogP contribution in [-0.4, -0.2) is 19.6 Å². The molecular formula is C14H17F3N2. The van der Waals surface area contributed by atoms with Crippen molar-refractivity contribution in [3.05, 3.63) is 29.3 Å². The van der Waals surface area contributed by atoms with Crippen molar-refractivity contribution in [3.8, 4) is 0 Å². The van der Waals surface area contributed by atoms with Gasteiger partial charge in [-0.1, -0.05) is 12.1 Å². The molecule has 2 aliphatic rings. The molecule has 0 saturated carbocycles. The first-order valence-corrected chi connectivity index (χ1v) is 6.72. The molecule has 1 aromatic carbocycles. The number of hydrogen-bond acceptors (Lipinski definition) is 2. The fourth-order valence-electron chi connectivity index (χ4n) is 3.33. The summed E-state index contributed by atoms with van der Waals surface area (Å²) in [5.41, 5.74) is 0.619. The van der Waals surface area contributed by atoms with Crippen LogP contribution in [0.4, 0.5) is 18.9 Å². The van der Waals surface area contributed by atoms with Gasteiger partial charge in [-0.3, -0.25) is 0 Å². The largest absolute Gasteiger partial charge is 0.418 e. The minimum absolute atomic E-state index is 0.244. The fourth-order valence-corrected chi connectivity index (χ4v) is 3.33. The number of hydrogen-bond donors (Lipinski definition) is 2. The topological polar surface area (TPSA) is 24.1 Å². The van der Waals surface area contributed by atoms with E-state index in [2.05, 4.69) is 10.6 Å². The van der Waals surface area contributed by atoms with Gasteiger partial charge in [0.05, 0.1) is 5.56 Å². The van der Waals surface area contributed by atoms with E-state index in [1.165, 1.54) is 12.1 Å². The van der Waals surface area contributed by atoms with Gasteiger partial charge in [-0.05, 0) is 49.4 Å². The summed E-state index contributed by atoms with van der Waals surface area (Å²) in [4.78, 5) is 0. The van der Waals surface area contributed by atoms with Crippen molar-refractivity contribution in [2.75, 3.05) is 25.0 Å². The molecular weight excluding hydrogens is 253 g/mol. The molecule has 104 valence electrons. The summed E-state index contributed by atoms with van der Waals surface area (Å²) in [7, 11) is 0. The molecule has 2 heterocycles. The molecule has 3 rings (SSSR count). The third-order valence-electron chi connectivity index (χ3n) is 4.23. The lowest BCUT2D eigenvalue weighted by Crippen LogP contribution is -2.26. The van der Waals surface area contributed by atoms with Crippen LogP contribution in [0.15, 0.2) is 18.2 Å². The van der Waals surface area contributed by atoms with Crippen LogP contribution >= 0.6 is 0 Å². The maximum atomic E-state index is 13.0. The second-order valence-electron chi connectivity index (χ2n) is 5.34. The lowest BCUT2D eigenvalue weighted by molar-refractivity contribution is -0.137. The molecule has 2 atom stereocenters. The molecule has 19 heavy (non-hydrogen) atoms. The van der Waals surface area contributed by atoms with Crippen molar-refractivity contribution in [2.24, 2.45) is 5.92 Å². The third kappa shape index (κ3) is 2.31. The number of fused-ring (bicyclic) bond motifs is 1. The van der Waals surface area contributed by atoms with Crippen molar-refractivity contribution >= 4 is 5.69 Å². The third-order valence-corrected chi connectivity index (χ3v) is 4.23. The van der Waals surface area contributed by atoms with Crippen molar-refractivity contribution < 1.29 is 13.2 Å². The molecule has 2 aliphatic heterocycles. The standard InChI is InChI=1S/C14H17F3N2/c15-14(16,17)12-3-1-2-11-10(5-7-19-13(11)12)9-4-6-18-8-9/h1-3,9-10,18-19H,4-8H2. The first kappa shape index (κ1) is 12.8. The van der Waals surface area contributed by atoms with Gasteiger partial charge in [-0.15, -0.1) is 0 Å². The number of rotatable bonds is 1. The van der Waals surface area contributed by atoms with Crippen LogP contribution < -0.4 is 10.6 Å². The molecule has 1 saturated heterocycles. The fraction of sp³-hybridized carbons (Fsp3) is 0.571. The Labute approximate surface area is 110 Å². The van der Waals surface area contributed by atoms with Gasteiger partial charge in [-0.25, -0.2) is 0 Å². The van der Waals surface area contributed by atoms with Gasteiger partial charge in [-0.2, -0.15) is 13.2 Å². The average molecular weight is 270 g/mol. The molecule has 2 unspecified atom stereocenters. The van der Waals surface area contributed by atoms with Crippen molar-refractivity contribution in [2.45, 2.75) is 24.9 Å². The molecule has 1 aromatic rings. The first-order chi connectivity index (χ1) is 9.07. The van der Waals surface area contributed by atoms with E-state index in [1.807, 2.05) is 6.07 Å². The Bertz CT molecular complexity index is 464. The Morgan fingerprint density at radius 2 is 1.95 bits per heavy atom. The van der Waals surface area contributed by atoms with E-state index in [1.54, 1.807) is 0 Å². The Morgan fingerprint density at radius 3 is 2.63 bits per heavy atom. The van der Waals surface area contributed by atoms with E-state index in [9.17, 15) is 13.2 Å². The summed E-state index contributed by atoms with van der Waals surface area (Å²) in [6, 6.07) is 4.55. The molecule has 0 radical (unpaired) electrons. The molecule has 2 N–H and O–H groups in total. The summed E-state index contributed by atoms with van der Waals surface area (Å²) in [5, 5.41) is 6.25. The van der Waals surface area contributed by atoms with E-state index >= 15 is 0 Å². The van der Waals surface area contributed by atoms with Gasteiger partial charge in [0.25, 0.3) is 0 Å². The maximum Gasteiger partial charge on any atom is 0.418 e. The highest BCUT2D eigenvalue weighted by atomic mass is 19.4. The number of anilines is 1. The van der Waals surface area contributed by atoms with Crippen molar-refractivity contribution in [3.63, 3.8) is 0 Å². The highest BCUT2D eigenvalue weighted by Crippen LogP contribution is 2.44. The zero-order valence-corrected chi connectivity index (χ0v) is 10.6. The highest BCUT2D eigenvalue weighted by Gasteiger charge is 2.38. The van der Waals surface area contributed by atoms with Crippen LogP contribution in [0.3, 0.4) is 0 Å². The Morgan fingerprint density at radius 1 is 1.11 bits per heavy atom. The van der Waals surface area contributed by atoms with Gasteiger partial charge in [0.15, 0.2) is 0 Å². The van der Waals surface area contributed by atoms with Gasteiger partial charge in [0.2, 0.25) is 0 Å². The predicted octanol–water partition coefficient (Wildman–Crippen LogP) is 3.21. The van der Waals surface area contributed by atoms with Gasteiger partial charge >= 0.3 is 6.18 Å². The minimum Gasteiger partial charge on any atom is -0.384 e. The number of para-hydroxylation sites is 1. The summed E-state index contributed by atoms with van der Waals surface area (Å²) < 4.78 is 39.1. The number of benzene rings is 1. The van der Waals surface area contributed by atoms with Crippen LogP contribution in [0.25, 0.3) is 0 Å². The Balaban J connectivity index is 2.00. The lowest BCUT2D eigenvalue weighted by atomic mass is 9.79. The SMILES string of the molecule is FC(F)(F)c1cccc2c1NCCC2C1CCNC1. The van der Waals surface area contributed by atoms with Crippen molar-refractivity contribution in [1.82, 2.24) is 5.32 Å². The normalized spacial score (nSPS) is 26.9. The molecule has 2 nitrogen and oxygen atoms in total. The smallest absolute Gasteiger partial charge is 0.384 e. The van der Waals surface area contributed by atoms with Crippen LogP contribution in [0.2, 0.25) is 0 Å². The monoisotopic (exact) mass is 270 g/mol. The minimum atomic E-state index is -4.28. The van der Waals surface area contributed by atoms with Gasteiger partial charge in [0, 0.05) is 12.2 Å². The molecule has 0 aliphatic carbocycles. The predicted molar refractivity (Wildman–Crippen MR) is 68.3 cm³/mol. The van der Waals surface area contributed by atoms with E-state index < -0.39 is 11.7 Å². The Kier molecular flexibility index (Phi) is 3.17. The summed E-state index contributed by atoms with van der Waals surface area (Å²) >= 11 is 0.